The van der Waals surface area contributed by atoms with Gasteiger partial charge in [-0.3, -0.25) is 4.79 Å². The summed E-state index contributed by atoms with van der Waals surface area (Å²) in [5.41, 5.74) is 0. The molecule has 0 saturated heterocycles. The molecular weight excluding hydrogens is 183 g/mol. The highest BCUT2D eigenvalue weighted by atomic mass is 31.2. The summed E-state index contributed by atoms with van der Waals surface area (Å²) < 4.78 is 8.88. The van der Waals surface area contributed by atoms with E-state index in [0.717, 1.165) is 6.42 Å². The average molecular weight is 196 g/mol. The maximum Gasteiger partial charge on any atom is 0.466 e. The van der Waals surface area contributed by atoms with Crippen LogP contribution in [0.1, 0.15) is 19.8 Å². The molecular formula is C6H13O5P. The first kappa shape index (κ1) is 14.1. The van der Waals surface area contributed by atoms with Gasteiger partial charge < -0.3 is 14.7 Å². The molecule has 12 heavy (non-hydrogen) atoms. The first-order valence-corrected chi connectivity index (χ1v) is 4.81. The molecule has 0 amide bonds. The smallest absolute Gasteiger partial charge is 0.303 e. The summed E-state index contributed by atoms with van der Waals surface area (Å²) in [5, 5.41) is 0. The van der Waals surface area contributed by atoms with Crippen molar-refractivity contribution in [2.45, 2.75) is 19.8 Å². The van der Waals surface area contributed by atoms with Crippen molar-refractivity contribution in [3.63, 3.8) is 0 Å². The van der Waals surface area contributed by atoms with E-state index in [1.54, 1.807) is 0 Å². The fourth-order valence-electron chi connectivity index (χ4n) is 0.348. The second-order valence-electron chi connectivity index (χ2n) is 1.93. The van der Waals surface area contributed by atoms with E-state index in [1.165, 1.54) is 6.08 Å². The van der Waals surface area contributed by atoms with E-state index in [9.17, 15) is 4.79 Å². The zero-order chi connectivity index (χ0) is 10.2. The molecule has 3 N–H and O–H groups in total. The van der Waals surface area contributed by atoms with Crippen molar-refractivity contribution in [1.82, 2.24) is 0 Å². The molecule has 0 aliphatic heterocycles. The second kappa shape index (κ2) is 7.18. The Labute approximate surface area is 71.0 Å². The van der Waals surface area contributed by atoms with Crippen LogP contribution in [0.15, 0.2) is 12.7 Å². The Bertz CT molecular complexity index is 174. The summed E-state index contributed by atoms with van der Waals surface area (Å²) in [7, 11) is -4.64. The van der Waals surface area contributed by atoms with Crippen LogP contribution in [0.3, 0.4) is 0 Å². The van der Waals surface area contributed by atoms with Gasteiger partial charge in [0.25, 0.3) is 0 Å². The van der Waals surface area contributed by atoms with Gasteiger partial charge in [-0.2, -0.15) is 0 Å². The van der Waals surface area contributed by atoms with Crippen molar-refractivity contribution in [1.29, 1.82) is 0 Å². The molecule has 0 fully saturated rings. The van der Waals surface area contributed by atoms with Crippen molar-refractivity contribution in [2.75, 3.05) is 0 Å². The molecule has 5 nitrogen and oxygen atoms in total. The number of carbonyl (C=O) groups is 1. The molecule has 0 radical (unpaired) electrons. The second-order valence-corrected chi connectivity index (χ2v) is 2.96. The minimum Gasteiger partial charge on any atom is -0.303 e. The maximum absolute atomic E-state index is 10.3. The molecule has 0 unspecified atom stereocenters. The van der Waals surface area contributed by atoms with Crippen LogP contribution >= 0.6 is 7.82 Å². The van der Waals surface area contributed by atoms with Crippen LogP contribution in [0, 0.1) is 0 Å². The summed E-state index contributed by atoms with van der Waals surface area (Å²) in [4.78, 5) is 31.9. The number of rotatable bonds is 3. The number of carbonyl (C=O) groups excluding carboxylic acids is 1. The van der Waals surface area contributed by atoms with Gasteiger partial charge in [0, 0.05) is 6.42 Å². The van der Waals surface area contributed by atoms with Crippen molar-refractivity contribution >= 4 is 13.6 Å². The number of hydrogen-bond donors (Lipinski definition) is 3. The maximum atomic E-state index is 10.3. The number of ketones is 1. The van der Waals surface area contributed by atoms with Crippen molar-refractivity contribution in [3.05, 3.63) is 12.7 Å². The highest BCUT2D eigenvalue weighted by Gasteiger charge is 2.00. The SMILES string of the molecule is C=CC(=O)CCC.O=P(O)(O)O. The first-order valence-electron chi connectivity index (χ1n) is 3.24. The molecule has 72 valence electrons. The third-order valence-electron chi connectivity index (χ3n) is 0.724. The van der Waals surface area contributed by atoms with Crippen LogP contribution in [0.5, 0.6) is 0 Å². The van der Waals surface area contributed by atoms with Crippen molar-refractivity contribution in [2.24, 2.45) is 0 Å². The lowest BCUT2D eigenvalue weighted by Crippen LogP contribution is -1.87. The molecule has 0 rings (SSSR count). The standard InChI is InChI=1S/C6H10O.H3O4P/c1-3-5-6(7)4-2;1-5(2,3)4/h4H,2-3,5H2,1H3;(H3,1,2,3,4). The zero-order valence-electron chi connectivity index (χ0n) is 6.80. The Morgan fingerprint density at radius 3 is 1.92 bits per heavy atom. The summed E-state index contributed by atoms with van der Waals surface area (Å²) >= 11 is 0. The minimum atomic E-state index is -4.64. The third-order valence-corrected chi connectivity index (χ3v) is 0.724. The number of phosphoric acid groups is 1. The Kier molecular flexibility index (Phi) is 8.42. The van der Waals surface area contributed by atoms with Gasteiger partial charge in [-0.25, -0.2) is 4.57 Å². The number of allylic oxidation sites excluding steroid dienone is 1. The Balaban J connectivity index is 0. The predicted molar refractivity (Wildman–Crippen MR) is 44.4 cm³/mol. The lowest BCUT2D eigenvalue weighted by Gasteiger charge is -1.82. The van der Waals surface area contributed by atoms with Crippen LogP contribution in [0.2, 0.25) is 0 Å². The lowest BCUT2D eigenvalue weighted by molar-refractivity contribution is -0.114. The molecule has 0 aromatic carbocycles. The molecule has 0 atom stereocenters. The summed E-state index contributed by atoms with van der Waals surface area (Å²) in [6, 6.07) is 0. The predicted octanol–water partition coefficient (Wildman–Crippen LogP) is 0.613. The first-order chi connectivity index (χ1) is 5.31. The molecule has 0 spiro atoms. The average Bonchev–Trinajstić information content (AvgIpc) is 1.85. The van der Waals surface area contributed by atoms with Crippen LogP contribution < -0.4 is 0 Å². The van der Waals surface area contributed by atoms with E-state index in [1.807, 2.05) is 6.92 Å². The molecule has 0 aromatic rings. The summed E-state index contributed by atoms with van der Waals surface area (Å²) in [5.74, 6) is 0.141. The molecule has 0 aliphatic carbocycles. The van der Waals surface area contributed by atoms with E-state index in [2.05, 4.69) is 6.58 Å². The highest BCUT2D eigenvalue weighted by molar-refractivity contribution is 7.45. The van der Waals surface area contributed by atoms with Gasteiger partial charge >= 0.3 is 7.82 Å². The largest absolute Gasteiger partial charge is 0.466 e. The van der Waals surface area contributed by atoms with Gasteiger partial charge in [0.2, 0.25) is 0 Å². The normalized spacial score (nSPS) is 9.67. The fraction of sp³-hybridized carbons (Fsp3) is 0.500. The molecule has 0 aliphatic rings. The van der Waals surface area contributed by atoms with Crippen LogP contribution in [-0.2, 0) is 9.36 Å². The number of hydrogen-bond acceptors (Lipinski definition) is 2. The van der Waals surface area contributed by atoms with Gasteiger partial charge in [-0.1, -0.05) is 13.5 Å². The van der Waals surface area contributed by atoms with Gasteiger partial charge in [0.05, 0.1) is 0 Å². The quantitative estimate of drug-likeness (QED) is 0.454. The Morgan fingerprint density at radius 2 is 1.83 bits per heavy atom. The van der Waals surface area contributed by atoms with E-state index in [4.69, 9.17) is 19.2 Å². The lowest BCUT2D eigenvalue weighted by atomic mass is 10.2. The molecule has 0 saturated carbocycles. The Hall–Kier alpha value is -0.480. The highest BCUT2D eigenvalue weighted by Crippen LogP contribution is 2.25. The van der Waals surface area contributed by atoms with Crippen molar-refractivity contribution < 1.29 is 24.0 Å². The molecule has 0 bridgehead atoms. The van der Waals surface area contributed by atoms with Crippen molar-refractivity contribution in [3.8, 4) is 0 Å². The van der Waals surface area contributed by atoms with E-state index in [0.29, 0.717) is 6.42 Å². The van der Waals surface area contributed by atoms with Crippen LogP contribution in [0.4, 0.5) is 0 Å². The van der Waals surface area contributed by atoms with Crippen LogP contribution in [-0.4, -0.2) is 20.5 Å². The summed E-state index contributed by atoms with van der Waals surface area (Å²) in [6.45, 7) is 5.30. The minimum absolute atomic E-state index is 0.141. The molecule has 0 heterocycles. The third kappa shape index (κ3) is 33.8. The monoisotopic (exact) mass is 196 g/mol. The van der Waals surface area contributed by atoms with Gasteiger partial charge in [0.1, 0.15) is 0 Å². The van der Waals surface area contributed by atoms with E-state index in [-0.39, 0.29) is 5.78 Å². The zero-order valence-corrected chi connectivity index (χ0v) is 7.70. The van der Waals surface area contributed by atoms with Gasteiger partial charge in [-0.05, 0) is 12.5 Å². The molecule has 0 aromatic heterocycles. The van der Waals surface area contributed by atoms with Gasteiger partial charge in [-0.15, -0.1) is 0 Å². The van der Waals surface area contributed by atoms with Gasteiger partial charge in [0.15, 0.2) is 5.78 Å². The Morgan fingerprint density at radius 1 is 1.50 bits per heavy atom. The van der Waals surface area contributed by atoms with Crippen LogP contribution in [0.25, 0.3) is 0 Å². The fourth-order valence-corrected chi connectivity index (χ4v) is 0.348. The van der Waals surface area contributed by atoms with E-state index < -0.39 is 7.82 Å². The van der Waals surface area contributed by atoms with E-state index >= 15 is 0 Å². The topological polar surface area (TPSA) is 94.8 Å². The molecule has 6 heteroatoms. The summed E-state index contributed by atoms with van der Waals surface area (Å²) in [6.07, 6.45) is 2.93.